The first kappa shape index (κ1) is 14.6. The molecule has 108 valence electrons. The second-order valence-corrected chi connectivity index (χ2v) is 5.26. The Hall–Kier alpha value is -1.77. The van der Waals surface area contributed by atoms with Gasteiger partial charge in [0.15, 0.2) is 0 Å². The van der Waals surface area contributed by atoms with E-state index in [9.17, 15) is 4.79 Å². The average molecular weight is 273 g/mol. The predicted octanol–water partition coefficient (Wildman–Crippen LogP) is 4.14. The van der Waals surface area contributed by atoms with Gasteiger partial charge in [0.1, 0.15) is 6.61 Å². The molecule has 0 saturated carbocycles. The van der Waals surface area contributed by atoms with E-state index in [4.69, 9.17) is 4.74 Å². The zero-order valence-corrected chi connectivity index (χ0v) is 12.0. The monoisotopic (exact) mass is 273 g/mol. The van der Waals surface area contributed by atoms with Gasteiger partial charge in [0, 0.05) is 12.6 Å². The van der Waals surface area contributed by atoms with Gasteiger partial charge in [-0.1, -0.05) is 49.2 Å². The molecule has 1 aromatic carbocycles. The summed E-state index contributed by atoms with van der Waals surface area (Å²) in [6.45, 7) is 4.94. The summed E-state index contributed by atoms with van der Waals surface area (Å²) >= 11 is 0. The van der Waals surface area contributed by atoms with Crippen molar-refractivity contribution in [2.75, 3.05) is 6.54 Å². The normalized spacial score (nSPS) is 19.2. The topological polar surface area (TPSA) is 29.5 Å². The molecular formula is C17H23NO2. The van der Waals surface area contributed by atoms with Crippen molar-refractivity contribution >= 4 is 6.09 Å². The molecule has 1 amide bonds. The number of amides is 1. The highest BCUT2D eigenvalue weighted by Crippen LogP contribution is 2.20. The maximum absolute atomic E-state index is 12.3. The van der Waals surface area contributed by atoms with Gasteiger partial charge in [-0.05, 0) is 24.8 Å². The highest BCUT2D eigenvalue weighted by atomic mass is 16.6. The Morgan fingerprint density at radius 2 is 2.10 bits per heavy atom. The van der Waals surface area contributed by atoms with Crippen LogP contribution in [0.25, 0.3) is 0 Å². The minimum Gasteiger partial charge on any atom is -0.445 e. The Kier molecular flexibility index (Phi) is 5.66. The molecule has 3 heteroatoms. The second kappa shape index (κ2) is 7.73. The molecule has 1 atom stereocenters. The number of carbonyl (C=O) groups excluding carboxylic acids is 1. The third-order valence-electron chi connectivity index (χ3n) is 3.76. The fourth-order valence-electron chi connectivity index (χ4n) is 2.66. The van der Waals surface area contributed by atoms with E-state index in [2.05, 4.69) is 6.58 Å². The van der Waals surface area contributed by atoms with E-state index in [1.807, 2.05) is 41.3 Å². The van der Waals surface area contributed by atoms with E-state index in [-0.39, 0.29) is 12.1 Å². The maximum Gasteiger partial charge on any atom is 0.410 e. The van der Waals surface area contributed by atoms with Crippen molar-refractivity contribution in [2.24, 2.45) is 0 Å². The minimum atomic E-state index is -0.192. The lowest BCUT2D eigenvalue weighted by atomic mass is 10.1. The molecule has 0 N–H and O–H groups in total. The molecule has 0 bridgehead atoms. The summed E-state index contributed by atoms with van der Waals surface area (Å²) in [7, 11) is 0. The summed E-state index contributed by atoms with van der Waals surface area (Å²) in [6.07, 6.45) is 7.04. The van der Waals surface area contributed by atoms with E-state index in [1.165, 1.54) is 12.8 Å². The molecule has 1 unspecified atom stereocenters. The molecule has 1 fully saturated rings. The summed E-state index contributed by atoms with van der Waals surface area (Å²) < 4.78 is 5.45. The second-order valence-electron chi connectivity index (χ2n) is 5.26. The number of hydrogen-bond donors (Lipinski definition) is 0. The largest absolute Gasteiger partial charge is 0.445 e. The van der Waals surface area contributed by atoms with E-state index in [0.29, 0.717) is 6.61 Å². The van der Waals surface area contributed by atoms with Gasteiger partial charge < -0.3 is 9.64 Å². The van der Waals surface area contributed by atoms with Crippen LogP contribution in [0.5, 0.6) is 0 Å². The summed E-state index contributed by atoms with van der Waals surface area (Å²) in [5.41, 5.74) is 1.02. The molecule has 0 radical (unpaired) electrons. The Morgan fingerprint density at radius 1 is 1.30 bits per heavy atom. The molecule has 0 aromatic heterocycles. The number of ether oxygens (including phenoxy) is 1. The summed E-state index contributed by atoms with van der Waals surface area (Å²) in [6, 6.07) is 10.1. The molecule has 0 spiro atoms. The van der Waals surface area contributed by atoms with Crippen molar-refractivity contribution in [3.63, 3.8) is 0 Å². The number of rotatable bonds is 4. The SMILES string of the molecule is C=CCC1CCCCCN1C(=O)OCc1ccccc1. The van der Waals surface area contributed by atoms with Crippen LogP contribution in [0.1, 0.15) is 37.7 Å². The average Bonchev–Trinajstić information content (AvgIpc) is 2.72. The molecule has 2 rings (SSSR count). The first-order valence-electron chi connectivity index (χ1n) is 7.39. The van der Waals surface area contributed by atoms with Crippen LogP contribution in [0, 0.1) is 0 Å². The Bertz CT molecular complexity index is 430. The van der Waals surface area contributed by atoms with Gasteiger partial charge in [0.05, 0.1) is 0 Å². The molecular weight excluding hydrogens is 250 g/mol. The standard InChI is InChI=1S/C17H23NO2/c1-2-9-16-12-7-4-8-13-18(16)17(19)20-14-15-10-5-3-6-11-15/h2-3,5-6,10-11,16H,1,4,7-9,12-14H2. The number of likely N-dealkylation sites (tertiary alicyclic amines) is 1. The zero-order valence-electron chi connectivity index (χ0n) is 12.0. The molecule has 1 heterocycles. The summed E-state index contributed by atoms with van der Waals surface area (Å²) in [5, 5.41) is 0. The molecule has 0 aliphatic carbocycles. The van der Waals surface area contributed by atoms with Crippen LogP contribution < -0.4 is 0 Å². The van der Waals surface area contributed by atoms with Crippen LogP contribution in [0.15, 0.2) is 43.0 Å². The van der Waals surface area contributed by atoms with Gasteiger partial charge in [-0.2, -0.15) is 0 Å². The number of carbonyl (C=O) groups is 1. The van der Waals surface area contributed by atoms with Crippen molar-refractivity contribution in [1.29, 1.82) is 0 Å². The van der Waals surface area contributed by atoms with Gasteiger partial charge in [-0.3, -0.25) is 0 Å². The number of hydrogen-bond acceptors (Lipinski definition) is 2. The lowest BCUT2D eigenvalue weighted by Gasteiger charge is -2.28. The molecule has 1 aliphatic rings. The number of benzene rings is 1. The number of nitrogens with zero attached hydrogens (tertiary/aromatic N) is 1. The van der Waals surface area contributed by atoms with Gasteiger partial charge in [0.2, 0.25) is 0 Å². The lowest BCUT2D eigenvalue weighted by molar-refractivity contribution is 0.0816. The molecule has 1 aromatic rings. The van der Waals surface area contributed by atoms with Crippen molar-refractivity contribution in [3.05, 3.63) is 48.6 Å². The van der Waals surface area contributed by atoms with E-state index < -0.39 is 0 Å². The quantitative estimate of drug-likeness (QED) is 0.771. The first-order valence-corrected chi connectivity index (χ1v) is 7.39. The van der Waals surface area contributed by atoms with Crippen molar-refractivity contribution < 1.29 is 9.53 Å². The maximum atomic E-state index is 12.3. The van der Waals surface area contributed by atoms with Crippen LogP contribution in [0.4, 0.5) is 4.79 Å². The van der Waals surface area contributed by atoms with Crippen LogP contribution in [0.2, 0.25) is 0 Å². The molecule has 1 aliphatic heterocycles. The molecule has 20 heavy (non-hydrogen) atoms. The van der Waals surface area contributed by atoms with Crippen LogP contribution in [0.3, 0.4) is 0 Å². The van der Waals surface area contributed by atoms with Crippen molar-refractivity contribution in [1.82, 2.24) is 4.90 Å². The fourth-order valence-corrected chi connectivity index (χ4v) is 2.66. The Balaban J connectivity index is 1.92. The fraction of sp³-hybridized carbons (Fsp3) is 0.471. The lowest BCUT2D eigenvalue weighted by Crippen LogP contribution is -2.40. The van der Waals surface area contributed by atoms with Gasteiger partial charge in [-0.25, -0.2) is 4.79 Å². The zero-order chi connectivity index (χ0) is 14.2. The molecule has 3 nitrogen and oxygen atoms in total. The third kappa shape index (κ3) is 4.12. The van der Waals surface area contributed by atoms with Crippen LogP contribution in [-0.2, 0) is 11.3 Å². The predicted molar refractivity (Wildman–Crippen MR) is 80.4 cm³/mol. The Morgan fingerprint density at radius 3 is 2.85 bits per heavy atom. The first-order chi connectivity index (χ1) is 9.81. The minimum absolute atomic E-state index is 0.192. The van der Waals surface area contributed by atoms with Crippen molar-refractivity contribution in [3.8, 4) is 0 Å². The van der Waals surface area contributed by atoms with Gasteiger partial charge in [-0.15, -0.1) is 6.58 Å². The van der Waals surface area contributed by atoms with E-state index in [1.54, 1.807) is 0 Å². The van der Waals surface area contributed by atoms with Gasteiger partial charge >= 0.3 is 6.09 Å². The highest BCUT2D eigenvalue weighted by Gasteiger charge is 2.25. The Labute approximate surface area is 121 Å². The smallest absolute Gasteiger partial charge is 0.410 e. The van der Waals surface area contributed by atoms with Crippen molar-refractivity contribution in [2.45, 2.75) is 44.8 Å². The summed E-state index contributed by atoms with van der Waals surface area (Å²) in [4.78, 5) is 14.2. The van der Waals surface area contributed by atoms with Crippen LogP contribution in [-0.4, -0.2) is 23.6 Å². The van der Waals surface area contributed by atoms with E-state index in [0.717, 1.165) is 31.4 Å². The van der Waals surface area contributed by atoms with Gasteiger partial charge in [0.25, 0.3) is 0 Å². The highest BCUT2D eigenvalue weighted by molar-refractivity contribution is 5.68. The van der Waals surface area contributed by atoms with Crippen LogP contribution >= 0.6 is 0 Å². The molecule has 1 saturated heterocycles. The van der Waals surface area contributed by atoms with E-state index >= 15 is 0 Å². The summed E-state index contributed by atoms with van der Waals surface area (Å²) in [5.74, 6) is 0. The third-order valence-corrected chi connectivity index (χ3v) is 3.76.